The van der Waals surface area contributed by atoms with Crippen LogP contribution in [0.5, 0.6) is 11.5 Å². The summed E-state index contributed by atoms with van der Waals surface area (Å²) in [6.45, 7) is 16.0. The molecule has 0 radical (unpaired) electrons. The highest BCUT2D eigenvalue weighted by Crippen LogP contribution is 2.41. The third-order valence-electron chi connectivity index (χ3n) is 3.93. The number of rotatable bonds is 3. The fraction of sp³-hybridized carbons (Fsp3) is 0.632. The third-order valence-corrected chi connectivity index (χ3v) is 3.93. The predicted molar refractivity (Wildman–Crippen MR) is 90.6 cm³/mol. The second-order valence-electron chi connectivity index (χ2n) is 8.10. The first-order valence-corrected chi connectivity index (χ1v) is 7.97. The molecule has 1 atom stereocenters. The number of esters is 1. The number of phenols is 1. The van der Waals surface area contributed by atoms with Gasteiger partial charge in [0.05, 0.1) is 5.92 Å². The van der Waals surface area contributed by atoms with Crippen LogP contribution >= 0.6 is 0 Å². The number of benzene rings is 1. The summed E-state index contributed by atoms with van der Waals surface area (Å²) in [6.07, 6.45) is 0.745. The van der Waals surface area contributed by atoms with Crippen molar-refractivity contribution in [2.45, 2.75) is 72.6 Å². The van der Waals surface area contributed by atoms with Gasteiger partial charge in [-0.25, -0.2) is 0 Å². The second kappa shape index (κ2) is 6.31. The van der Waals surface area contributed by atoms with Crippen molar-refractivity contribution in [2.75, 3.05) is 0 Å². The maximum absolute atomic E-state index is 12.1. The molecular formula is C19H30O3. The SMILES string of the molecule is CCC(C)C(=O)Oc1cc(C(C)(C)C)c(O)c(C(C)(C)C)c1. The van der Waals surface area contributed by atoms with Gasteiger partial charge in [-0.1, -0.05) is 55.4 Å². The van der Waals surface area contributed by atoms with Gasteiger partial charge in [0.15, 0.2) is 0 Å². The molecule has 0 amide bonds. The molecule has 1 rings (SSSR count). The van der Waals surface area contributed by atoms with Gasteiger partial charge in [0.2, 0.25) is 0 Å². The molecule has 0 aliphatic carbocycles. The number of hydrogen-bond acceptors (Lipinski definition) is 3. The first kappa shape index (κ1) is 18.5. The zero-order chi connectivity index (χ0) is 17.3. The smallest absolute Gasteiger partial charge is 0.314 e. The number of phenolic OH excluding ortho intramolecular Hbond substituents is 1. The summed E-state index contributed by atoms with van der Waals surface area (Å²) in [5.74, 6) is 0.444. The summed E-state index contributed by atoms with van der Waals surface area (Å²) in [6, 6.07) is 3.57. The number of hydrogen-bond donors (Lipinski definition) is 1. The summed E-state index contributed by atoms with van der Waals surface area (Å²) in [7, 11) is 0. The molecule has 0 saturated heterocycles. The normalized spacial score (nSPS) is 13.8. The summed E-state index contributed by atoms with van der Waals surface area (Å²) in [5, 5.41) is 10.6. The molecular weight excluding hydrogens is 276 g/mol. The van der Waals surface area contributed by atoms with Gasteiger partial charge in [-0.15, -0.1) is 0 Å². The van der Waals surface area contributed by atoms with Crippen LogP contribution in [0.3, 0.4) is 0 Å². The van der Waals surface area contributed by atoms with E-state index in [1.807, 2.05) is 55.4 Å². The van der Waals surface area contributed by atoms with Crippen LogP contribution in [0.2, 0.25) is 0 Å². The van der Waals surface area contributed by atoms with Crippen molar-refractivity contribution in [3.8, 4) is 11.5 Å². The van der Waals surface area contributed by atoms with E-state index in [2.05, 4.69) is 0 Å². The van der Waals surface area contributed by atoms with Crippen LogP contribution in [-0.4, -0.2) is 11.1 Å². The fourth-order valence-electron chi connectivity index (χ4n) is 2.19. The van der Waals surface area contributed by atoms with Crippen LogP contribution in [0.4, 0.5) is 0 Å². The largest absolute Gasteiger partial charge is 0.507 e. The molecule has 0 saturated carbocycles. The Labute approximate surface area is 134 Å². The lowest BCUT2D eigenvalue weighted by atomic mass is 9.79. The van der Waals surface area contributed by atoms with E-state index in [9.17, 15) is 9.90 Å². The molecule has 1 aromatic carbocycles. The van der Waals surface area contributed by atoms with Crippen molar-refractivity contribution in [2.24, 2.45) is 5.92 Å². The van der Waals surface area contributed by atoms with E-state index in [0.29, 0.717) is 11.5 Å². The Hall–Kier alpha value is -1.51. The van der Waals surface area contributed by atoms with Crippen LogP contribution < -0.4 is 4.74 Å². The van der Waals surface area contributed by atoms with E-state index in [4.69, 9.17) is 4.74 Å². The van der Waals surface area contributed by atoms with Gasteiger partial charge in [0.1, 0.15) is 11.5 Å². The number of carbonyl (C=O) groups is 1. The quantitative estimate of drug-likeness (QED) is 0.635. The van der Waals surface area contributed by atoms with Crippen molar-refractivity contribution < 1.29 is 14.6 Å². The van der Waals surface area contributed by atoms with E-state index in [1.54, 1.807) is 12.1 Å². The molecule has 0 aliphatic rings. The molecule has 1 aromatic rings. The molecule has 0 fully saturated rings. The summed E-state index contributed by atoms with van der Waals surface area (Å²) in [5.41, 5.74) is 1.13. The highest BCUT2D eigenvalue weighted by atomic mass is 16.5. The molecule has 0 aromatic heterocycles. The lowest BCUT2D eigenvalue weighted by Gasteiger charge is -2.28. The molecule has 1 unspecified atom stereocenters. The summed E-state index contributed by atoms with van der Waals surface area (Å²) >= 11 is 0. The van der Waals surface area contributed by atoms with Crippen LogP contribution in [0, 0.1) is 5.92 Å². The van der Waals surface area contributed by atoms with Crippen molar-refractivity contribution in [1.82, 2.24) is 0 Å². The first-order valence-electron chi connectivity index (χ1n) is 7.97. The lowest BCUT2D eigenvalue weighted by Crippen LogP contribution is -2.20. The molecule has 3 nitrogen and oxygen atoms in total. The second-order valence-corrected chi connectivity index (χ2v) is 8.10. The van der Waals surface area contributed by atoms with E-state index >= 15 is 0 Å². The first-order chi connectivity index (χ1) is 9.87. The molecule has 124 valence electrons. The number of aromatic hydroxyl groups is 1. The van der Waals surface area contributed by atoms with Crippen LogP contribution in [0.15, 0.2) is 12.1 Å². The minimum atomic E-state index is -0.233. The van der Waals surface area contributed by atoms with Gasteiger partial charge >= 0.3 is 5.97 Å². The maximum Gasteiger partial charge on any atom is 0.314 e. The average Bonchev–Trinajstić information content (AvgIpc) is 2.36. The third kappa shape index (κ3) is 4.25. The van der Waals surface area contributed by atoms with Gasteiger partial charge < -0.3 is 9.84 Å². The van der Waals surface area contributed by atoms with E-state index in [1.165, 1.54) is 0 Å². The molecule has 0 heterocycles. The van der Waals surface area contributed by atoms with Crippen molar-refractivity contribution in [3.05, 3.63) is 23.3 Å². The Bertz CT molecular complexity index is 510. The zero-order valence-electron chi connectivity index (χ0n) is 15.2. The Balaban J connectivity index is 3.39. The topological polar surface area (TPSA) is 46.5 Å². The number of ether oxygens (including phenoxy) is 1. The van der Waals surface area contributed by atoms with E-state index < -0.39 is 0 Å². The van der Waals surface area contributed by atoms with Gasteiger partial charge in [0, 0.05) is 11.1 Å². The van der Waals surface area contributed by atoms with Crippen LogP contribution in [0.1, 0.15) is 72.9 Å². The standard InChI is InChI=1S/C19H30O3/c1-9-12(2)17(21)22-13-10-14(18(3,4)5)16(20)15(11-13)19(6,7)8/h10-12,20H,9H2,1-8H3. The zero-order valence-corrected chi connectivity index (χ0v) is 15.2. The highest BCUT2D eigenvalue weighted by molar-refractivity contribution is 5.75. The Morgan fingerprint density at radius 3 is 1.82 bits per heavy atom. The minimum absolute atomic E-state index is 0.134. The highest BCUT2D eigenvalue weighted by Gasteiger charge is 2.27. The van der Waals surface area contributed by atoms with E-state index in [-0.39, 0.29) is 22.7 Å². The Morgan fingerprint density at radius 1 is 1.09 bits per heavy atom. The summed E-state index contributed by atoms with van der Waals surface area (Å²) < 4.78 is 5.54. The van der Waals surface area contributed by atoms with E-state index in [0.717, 1.165) is 17.5 Å². The maximum atomic E-state index is 12.1. The molecule has 0 spiro atoms. The monoisotopic (exact) mass is 306 g/mol. The van der Waals surface area contributed by atoms with Crippen molar-refractivity contribution >= 4 is 5.97 Å². The fourth-order valence-corrected chi connectivity index (χ4v) is 2.19. The van der Waals surface area contributed by atoms with Gasteiger partial charge in [-0.2, -0.15) is 0 Å². The molecule has 0 bridgehead atoms. The van der Waals surface area contributed by atoms with Crippen LogP contribution in [0.25, 0.3) is 0 Å². The predicted octanol–water partition coefficient (Wildman–Crippen LogP) is 4.94. The molecule has 22 heavy (non-hydrogen) atoms. The molecule has 1 N–H and O–H groups in total. The Kier molecular flexibility index (Phi) is 5.32. The van der Waals surface area contributed by atoms with Gasteiger partial charge in [-0.3, -0.25) is 4.79 Å². The number of carbonyl (C=O) groups excluding carboxylic acids is 1. The van der Waals surface area contributed by atoms with Crippen molar-refractivity contribution in [3.63, 3.8) is 0 Å². The van der Waals surface area contributed by atoms with Crippen molar-refractivity contribution in [1.29, 1.82) is 0 Å². The minimum Gasteiger partial charge on any atom is -0.507 e. The molecule has 0 aliphatic heterocycles. The van der Waals surface area contributed by atoms with Gasteiger partial charge in [-0.05, 0) is 29.4 Å². The summed E-state index contributed by atoms with van der Waals surface area (Å²) in [4.78, 5) is 12.1. The Morgan fingerprint density at radius 2 is 1.50 bits per heavy atom. The average molecular weight is 306 g/mol. The van der Waals surface area contributed by atoms with Gasteiger partial charge in [0.25, 0.3) is 0 Å². The lowest BCUT2D eigenvalue weighted by molar-refractivity contribution is -0.138. The molecule has 3 heteroatoms. The van der Waals surface area contributed by atoms with Crippen LogP contribution in [-0.2, 0) is 15.6 Å².